The molecule has 4 atom stereocenters. The molecule has 1 heterocycles. The first kappa shape index (κ1) is 78.8. The first-order valence-electron chi connectivity index (χ1n) is 25.0. The molecule has 423 valence electrons. The molecule has 2 rings (SSSR count). The number of imide groups is 1. The van der Waals surface area contributed by atoms with E-state index in [4.69, 9.17) is 34.9 Å². The second-order valence-electron chi connectivity index (χ2n) is 22.0. The fourth-order valence-electron chi connectivity index (χ4n) is 5.92. The third kappa shape index (κ3) is 44.2. The van der Waals surface area contributed by atoms with Crippen molar-refractivity contribution >= 4 is 50.6 Å². The number of carbonyl (C=O) groups is 7. The van der Waals surface area contributed by atoms with Gasteiger partial charge in [-0.3, -0.25) is 19.3 Å². The van der Waals surface area contributed by atoms with E-state index >= 15 is 0 Å². The number of hydrogen-bond acceptors (Lipinski definition) is 13. The van der Waals surface area contributed by atoms with Crippen LogP contribution in [0, 0.1) is 23.7 Å². The Balaban J connectivity index is -0.000000214. The molecule has 0 aromatic heterocycles. The van der Waals surface area contributed by atoms with Crippen LogP contribution in [0.15, 0.2) is 24.3 Å². The second kappa shape index (κ2) is 40.2. The SMILES string of the molecule is C.C[C@@H](CCCNC(=O)OC(C)(C)C)C(=O)O.C[C@@H](CCCNC(=O)OC(C)(C)C)CN1C(=O)c2ccccc2C1=O.C[C@H](CN)CCCNC(=O)OC(C)(C)C.C[C@H](CO)CCCNC(=O)OC(C)(C)C.[B].[H-].[Na+]. The van der Waals surface area contributed by atoms with Gasteiger partial charge in [-0.05, 0) is 171 Å². The van der Waals surface area contributed by atoms with Crippen LogP contribution in [-0.2, 0) is 23.7 Å². The maximum Gasteiger partial charge on any atom is 1.00 e. The average Bonchev–Trinajstić information content (AvgIpc) is 3.46. The van der Waals surface area contributed by atoms with Crippen LogP contribution >= 0.6 is 0 Å². The summed E-state index contributed by atoms with van der Waals surface area (Å²) in [6.07, 6.45) is 4.86. The first-order valence-corrected chi connectivity index (χ1v) is 25.0. The fourth-order valence-corrected chi connectivity index (χ4v) is 5.92. The molecule has 74 heavy (non-hydrogen) atoms. The van der Waals surface area contributed by atoms with Crippen molar-refractivity contribution in [2.75, 3.05) is 45.9 Å². The fraction of sp³-hybridized carbons (Fsp3) is 0.755. The number of benzene rings is 1. The largest absolute Gasteiger partial charge is 1.00 e. The summed E-state index contributed by atoms with van der Waals surface area (Å²) in [7, 11) is 0. The average molecular weight is 1060 g/mol. The van der Waals surface area contributed by atoms with Crippen LogP contribution in [0.5, 0.6) is 0 Å². The molecule has 6 amide bonds. The smallest absolute Gasteiger partial charge is 1.00 e. The van der Waals surface area contributed by atoms with Crippen LogP contribution in [0.25, 0.3) is 0 Å². The van der Waals surface area contributed by atoms with E-state index in [1.807, 2.05) is 76.2 Å². The van der Waals surface area contributed by atoms with Gasteiger partial charge >= 0.3 is 59.9 Å². The van der Waals surface area contributed by atoms with Crippen molar-refractivity contribution in [2.45, 2.75) is 192 Å². The number of carboxylic acid groups (broad SMARTS) is 1. The van der Waals surface area contributed by atoms with Gasteiger partial charge in [0.1, 0.15) is 22.4 Å². The summed E-state index contributed by atoms with van der Waals surface area (Å²) in [5.74, 6) is -0.658. The zero-order chi connectivity index (χ0) is 55.2. The molecule has 8 N–H and O–H groups in total. The Hall–Kier alpha value is -4.11. The molecular formula is C53H99BN6NaO13. The summed E-state index contributed by atoms with van der Waals surface area (Å²) < 4.78 is 20.4. The molecule has 0 fully saturated rings. The molecule has 0 saturated heterocycles. The Morgan fingerprint density at radius 2 is 0.851 bits per heavy atom. The standard InChI is InChI=1S/C19H26N2O4.C11H24N2O2.C11H21NO4.C11H23NO3.CH4.B.Na.H/c1-13(8-7-11-20-18(24)25-19(2,3)4)12-21-16(22)14-9-5-6-10-15(14)17(21)23;1-9(8-12)6-5-7-13-10(14)15-11(2,3)4;1-8(9(13)14)6-5-7-12-10(15)16-11(2,3)4;1-9(8-13)6-5-7-12-10(14)15-11(2,3)4;;;;/h5-6,9-10,13H,7-8,11-12H2,1-4H3,(H,20,24);9H,5-8,12H2,1-4H3,(H,13,14);8H,5-7H2,1-4H3,(H,12,15)(H,13,14);9,13H,5-8H2,1-4H3,(H,12,14);1H4;;;/q;;;;;;+1;-1/t13-;9-;8-;9-;;;;/m0000..../s1. The van der Waals surface area contributed by atoms with Gasteiger partial charge in [-0.2, -0.15) is 0 Å². The third-order valence-corrected chi connectivity index (χ3v) is 9.62. The number of fused-ring (bicyclic) bond motifs is 1. The molecule has 1 aromatic carbocycles. The van der Waals surface area contributed by atoms with Crippen molar-refractivity contribution in [3.05, 3.63) is 35.4 Å². The number of alkyl carbamates (subject to hydrolysis) is 4. The maximum atomic E-state index is 12.3. The first-order chi connectivity index (χ1) is 32.6. The number of aliphatic hydroxyl groups excluding tert-OH is 1. The number of ether oxygens (including phenoxy) is 4. The van der Waals surface area contributed by atoms with Gasteiger partial charge in [-0.1, -0.05) is 47.3 Å². The van der Waals surface area contributed by atoms with E-state index in [0.717, 1.165) is 38.5 Å². The van der Waals surface area contributed by atoms with Crippen molar-refractivity contribution in [2.24, 2.45) is 29.4 Å². The molecule has 0 unspecified atom stereocenters. The van der Waals surface area contributed by atoms with Crippen LogP contribution in [-0.4, -0.2) is 134 Å². The zero-order valence-corrected chi connectivity index (χ0v) is 49.7. The van der Waals surface area contributed by atoms with E-state index < -0.39 is 40.6 Å². The number of nitrogens with zero attached hydrogens (tertiary/aromatic N) is 1. The molecule has 0 bridgehead atoms. The van der Waals surface area contributed by atoms with Gasteiger partial charge in [-0.15, -0.1) is 0 Å². The molecule has 19 nitrogen and oxygen atoms in total. The summed E-state index contributed by atoms with van der Waals surface area (Å²) in [6.45, 7) is 33.1. The quantitative estimate of drug-likeness (QED) is 0.0303. The Morgan fingerprint density at radius 1 is 0.568 bits per heavy atom. The van der Waals surface area contributed by atoms with Gasteiger partial charge in [0.05, 0.1) is 17.0 Å². The minimum absolute atomic E-state index is 0. The second-order valence-corrected chi connectivity index (χ2v) is 22.0. The van der Waals surface area contributed by atoms with E-state index in [0.29, 0.717) is 75.1 Å². The summed E-state index contributed by atoms with van der Waals surface area (Å²) in [4.78, 5) is 81.6. The Labute approximate surface area is 470 Å². The van der Waals surface area contributed by atoms with E-state index in [2.05, 4.69) is 28.2 Å². The Kier molecular flexibility index (Phi) is 42.8. The van der Waals surface area contributed by atoms with Crippen molar-refractivity contribution in [3.63, 3.8) is 0 Å². The van der Waals surface area contributed by atoms with Crippen molar-refractivity contribution in [1.82, 2.24) is 26.2 Å². The van der Waals surface area contributed by atoms with Gasteiger partial charge in [0, 0.05) is 47.7 Å². The topological polar surface area (TPSA) is 274 Å². The number of rotatable bonds is 21. The van der Waals surface area contributed by atoms with Crippen LogP contribution in [0.3, 0.4) is 0 Å². The van der Waals surface area contributed by atoms with E-state index in [1.54, 1.807) is 52.0 Å². The molecule has 0 aliphatic carbocycles. The van der Waals surface area contributed by atoms with E-state index in [-0.39, 0.29) is 89.3 Å². The summed E-state index contributed by atoms with van der Waals surface area (Å²) in [6, 6.07) is 6.90. The van der Waals surface area contributed by atoms with Crippen LogP contribution in [0.2, 0.25) is 0 Å². The number of nitrogens with two attached hydrogens (primary N) is 1. The Morgan fingerprint density at radius 3 is 1.12 bits per heavy atom. The molecule has 0 saturated carbocycles. The molecule has 21 heteroatoms. The summed E-state index contributed by atoms with van der Waals surface area (Å²) >= 11 is 0. The van der Waals surface area contributed by atoms with Crippen LogP contribution in [0.4, 0.5) is 19.2 Å². The van der Waals surface area contributed by atoms with Gasteiger partial charge < -0.3 is 57.6 Å². The maximum absolute atomic E-state index is 12.3. The minimum atomic E-state index is -0.808. The number of carbonyl (C=O) groups excluding carboxylic acids is 6. The van der Waals surface area contributed by atoms with Gasteiger partial charge in [-0.25, -0.2) is 19.2 Å². The number of nitrogens with one attached hydrogen (secondary N) is 4. The predicted octanol–water partition coefficient (Wildman–Crippen LogP) is 6.41. The number of amides is 6. The zero-order valence-electron chi connectivity index (χ0n) is 48.7. The molecule has 3 radical (unpaired) electrons. The summed E-state index contributed by atoms with van der Waals surface area (Å²) in [5, 5.41) is 28.1. The molecular weight excluding hydrogens is 962 g/mol. The number of aliphatic hydroxyl groups is 1. The summed E-state index contributed by atoms with van der Waals surface area (Å²) in [5.41, 5.74) is 4.56. The van der Waals surface area contributed by atoms with Crippen molar-refractivity contribution < 1.29 is 93.7 Å². The number of aliphatic carboxylic acids is 1. The molecule has 1 aliphatic rings. The van der Waals surface area contributed by atoms with E-state index in [9.17, 15) is 33.6 Å². The minimum Gasteiger partial charge on any atom is -1.00 e. The molecule has 0 spiro atoms. The van der Waals surface area contributed by atoms with Crippen molar-refractivity contribution in [1.29, 1.82) is 0 Å². The molecule has 1 aliphatic heterocycles. The Bertz CT molecular complexity index is 1690. The molecule has 1 aromatic rings. The third-order valence-electron chi connectivity index (χ3n) is 9.62. The van der Waals surface area contributed by atoms with Crippen LogP contribution < -0.4 is 56.6 Å². The number of carboxylic acids is 1. The van der Waals surface area contributed by atoms with E-state index in [1.165, 1.54) is 4.90 Å². The number of hydrogen-bond donors (Lipinski definition) is 7. The predicted molar refractivity (Wildman–Crippen MR) is 290 cm³/mol. The van der Waals surface area contributed by atoms with Gasteiger partial charge in [0.2, 0.25) is 0 Å². The van der Waals surface area contributed by atoms with Crippen molar-refractivity contribution in [3.8, 4) is 0 Å². The van der Waals surface area contributed by atoms with Crippen LogP contribution in [0.1, 0.15) is 192 Å². The monoisotopic (exact) mass is 1060 g/mol. The normalized spacial score (nSPS) is 13.4. The van der Waals surface area contributed by atoms with Gasteiger partial charge in [0.25, 0.3) is 11.8 Å². The van der Waals surface area contributed by atoms with Gasteiger partial charge in [0.15, 0.2) is 0 Å².